The number of halogens is 1. The second-order valence-electron chi connectivity index (χ2n) is 5.96. The molecule has 0 spiro atoms. The normalized spacial score (nSPS) is 10.4. The van der Waals surface area contributed by atoms with Crippen molar-refractivity contribution >= 4 is 11.9 Å². The number of methoxy groups -OCH3 is 2. The van der Waals surface area contributed by atoms with E-state index < -0.39 is 11.9 Å². The lowest BCUT2D eigenvalue weighted by Crippen LogP contribution is -2.30. The van der Waals surface area contributed by atoms with E-state index in [-0.39, 0.29) is 36.2 Å². The number of hydrogen-bond donors (Lipinski definition) is 1. The molecule has 30 heavy (non-hydrogen) atoms. The van der Waals surface area contributed by atoms with Gasteiger partial charge in [0.15, 0.2) is 6.61 Å². The number of ether oxygens (including phenoxy) is 3. The molecule has 9 nitrogen and oxygen atoms in total. The predicted molar refractivity (Wildman–Crippen MR) is 101 cm³/mol. The number of rotatable bonds is 8. The van der Waals surface area contributed by atoms with Gasteiger partial charge in [-0.2, -0.15) is 4.98 Å². The summed E-state index contributed by atoms with van der Waals surface area (Å²) in [5.74, 6) is -0.398. The van der Waals surface area contributed by atoms with Gasteiger partial charge in [-0.05, 0) is 36.4 Å². The van der Waals surface area contributed by atoms with E-state index in [1.54, 1.807) is 6.07 Å². The number of hydrogen-bond acceptors (Lipinski definition) is 8. The number of benzene rings is 2. The van der Waals surface area contributed by atoms with Gasteiger partial charge in [0.1, 0.15) is 23.9 Å². The van der Waals surface area contributed by atoms with Crippen LogP contribution in [0.2, 0.25) is 0 Å². The van der Waals surface area contributed by atoms with Crippen molar-refractivity contribution in [3.05, 3.63) is 59.7 Å². The molecule has 0 atom stereocenters. The first kappa shape index (κ1) is 20.8. The summed E-state index contributed by atoms with van der Waals surface area (Å²) >= 11 is 0. The zero-order valence-corrected chi connectivity index (χ0v) is 16.2. The molecule has 0 saturated carbocycles. The Hall–Kier alpha value is -3.95. The van der Waals surface area contributed by atoms with Gasteiger partial charge in [-0.3, -0.25) is 9.59 Å². The second-order valence-corrected chi connectivity index (χ2v) is 5.96. The molecule has 0 aliphatic rings. The summed E-state index contributed by atoms with van der Waals surface area (Å²) in [4.78, 5) is 28.2. The predicted octanol–water partition coefficient (Wildman–Crippen LogP) is 2.37. The van der Waals surface area contributed by atoms with Gasteiger partial charge in [-0.25, -0.2) is 4.39 Å². The molecule has 2 aromatic carbocycles. The maximum atomic E-state index is 13.0. The van der Waals surface area contributed by atoms with Crippen molar-refractivity contribution in [3.63, 3.8) is 0 Å². The topological polar surface area (TPSA) is 113 Å². The zero-order chi connectivity index (χ0) is 21.5. The summed E-state index contributed by atoms with van der Waals surface area (Å²) in [6.07, 6.45) is 0. The Morgan fingerprint density at radius 2 is 1.73 bits per heavy atom. The van der Waals surface area contributed by atoms with E-state index >= 15 is 0 Å². The molecular weight excluding hydrogens is 397 g/mol. The average molecular weight is 415 g/mol. The SMILES string of the molecule is COc1cc(OC)cc(C(=O)NCC(=O)OCc2nc(-c3ccc(F)cc3)no2)c1. The van der Waals surface area contributed by atoms with Gasteiger partial charge in [0.05, 0.1) is 14.2 Å². The van der Waals surface area contributed by atoms with E-state index in [4.69, 9.17) is 18.7 Å². The van der Waals surface area contributed by atoms with Crippen LogP contribution in [0.3, 0.4) is 0 Å². The van der Waals surface area contributed by atoms with Gasteiger partial charge in [-0.15, -0.1) is 0 Å². The van der Waals surface area contributed by atoms with Crippen LogP contribution in [0.25, 0.3) is 11.4 Å². The van der Waals surface area contributed by atoms with Crippen molar-refractivity contribution in [2.24, 2.45) is 0 Å². The van der Waals surface area contributed by atoms with E-state index in [1.165, 1.54) is 50.6 Å². The fourth-order valence-corrected chi connectivity index (χ4v) is 2.42. The monoisotopic (exact) mass is 415 g/mol. The second kappa shape index (κ2) is 9.50. The van der Waals surface area contributed by atoms with Gasteiger partial charge in [-0.1, -0.05) is 5.16 Å². The minimum atomic E-state index is -0.695. The summed E-state index contributed by atoms with van der Waals surface area (Å²) in [7, 11) is 2.93. The summed E-state index contributed by atoms with van der Waals surface area (Å²) in [6.45, 7) is -0.632. The molecule has 1 heterocycles. The summed E-state index contributed by atoms with van der Waals surface area (Å²) in [5, 5.41) is 6.19. The number of nitrogens with zero attached hydrogens (tertiary/aromatic N) is 2. The minimum absolute atomic E-state index is 0.0616. The largest absolute Gasteiger partial charge is 0.497 e. The van der Waals surface area contributed by atoms with Gasteiger partial charge in [0.2, 0.25) is 5.82 Å². The molecule has 0 saturated heterocycles. The molecule has 3 aromatic rings. The molecule has 0 aliphatic heterocycles. The van der Waals surface area contributed by atoms with Crippen LogP contribution in [0.15, 0.2) is 47.0 Å². The van der Waals surface area contributed by atoms with Crippen molar-refractivity contribution in [2.75, 3.05) is 20.8 Å². The van der Waals surface area contributed by atoms with E-state index in [0.717, 1.165) is 0 Å². The van der Waals surface area contributed by atoms with Crippen molar-refractivity contribution in [1.82, 2.24) is 15.5 Å². The molecule has 1 aromatic heterocycles. The third-order valence-corrected chi connectivity index (χ3v) is 3.93. The smallest absolute Gasteiger partial charge is 0.325 e. The summed E-state index contributed by atoms with van der Waals surface area (Å²) in [6, 6.07) is 10.2. The highest BCUT2D eigenvalue weighted by Crippen LogP contribution is 2.22. The lowest BCUT2D eigenvalue weighted by atomic mass is 10.2. The Bertz CT molecular complexity index is 1010. The Labute approximate surface area is 170 Å². The van der Waals surface area contributed by atoms with Crippen LogP contribution in [0.1, 0.15) is 16.2 Å². The molecule has 0 bridgehead atoms. The Kier molecular flexibility index (Phi) is 6.58. The number of esters is 1. The quantitative estimate of drug-likeness (QED) is 0.558. The van der Waals surface area contributed by atoms with Crippen LogP contribution in [-0.2, 0) is 16.1 Å². The first-order valence-corrected chi connectivity index (χ1v) is 8.74. The first-order valence-electron chi connectivity index (χ1n) is 8.74. The minimum Gasteiger partial charge on any atom is -0.497 e. The highest BCUT2D eigenvalue weighted by Gasteiger charge is 2.14. The number of amides is 1. The number of aromatic nitrogens is 2. The van der Waals surface area contributed by atoms with E-state index in [0.29, 0.717) is 17.1 Å². The molecular formula is C20H18FN3O6. The zero-order valence-electron chi connectivity index (χ0n) is 16.2. The molecule has 0 aliphatic carbocycles. The van der Waals surface area contributed by atoms with E-state index in [2.05, 4.69) is 15.5 Å². The van der Waals surface area contributed by atoms with Crippen LogP contribution in [-0.4, -0.2) is 42.8 Å². The highest BCUT2D eigenvalue weighted by molar-refractivity contribution is 5.96. The molecule has 156 valence electrons. The van der Waals surface area contributed by atoms with Crippen molar-refractivity contribution in [1.29, 1.82) is 0 Å². The molecule has 10 heteroatoms. The first-order chi connectivity index (χ1) is 14.5. The van der Waals surface area contributed by atoms with Gasteiger partial charge in [0.25, 0.3) is 11.8 Å². The maximum Gasteiger partial charge on any atom is 0.325 e. The molecule has 0 radical (unpaired) electrons. The molecule has 1 amide bonds. The van der Waals surface area contributed by atoms with Crippen LogP contribution >= 0.6 is 0 Å². The Morgan fingerprint density at radius 3 is 2.37 bits per heavy atom. The lowest BCUT2D eigenvalue weighted by molar-refractivity contribution is -0.144. The van der Waals surface area contributed by atoms with Crippen LogP contribution in [0.4, 0.5) is 4.39 Å². The molecule has 3 rings (SSSR count). The van der Waals surface area contributed by atoms with Gasteiger partial charge < -0.3 is 24.1 Å². The maximum absolute atomic E-state index is 13.0. The van der Waals surface area contributed by atoms with E-state index in [9.17, 15) is 14.0 Å². The van der Waals surface area contributed by atoms with Crippen LogP contribution < -0.4 is 14.8 Å². The fourth-order valence-electron chi connectivity index (χ4n) is 2.42. The molecule has 0 unspecified atom stereocenters. The van der Waals surface area contributed by atoms with E-state index in [1.807, 2.05) is 0 Å². The van der Waals surface area contributed by atoms with Crippen LogP contribution in [0.5, 0.6) is 11.5 Å². The standard InChI is InChI=1S/C20H18FN3O6/c1-27-15-7-13(8-16(9-15)28-2)20(26)22-10-18(25)29-11-17-23-19(24-30-17)12-3-5-14(21)6-4-12/h3-9H,10-11H2,1-2H3,(H,22,26). The van der Waals surface area contributed by atoms with Crippen molar-refractivity contribution in [2.45, 2.75) is 6.61 Å². The average Bonchev–Trinajstić information content (AvgIpc) is 3.25. The highest BCUT2D eigenvalue weighted by atomic mass is 19.1. The number of nitrogens with one attached hydrogen (secondary N) is 1. The van der Waals surface area contributed by atoms with Gasteiger partial charge >= 0.3 is 5.97 Å². The third-order valence-electron chi connectivity index (χ3n) is 3.93. The Morgan fingerprint density at radius 1 is 1.07 bits per heavy atom. The third kappa shape index (κ3) is 5.31. The molecule has 0 fully saturated rings. The van der Waals surface area contributed by atoms with Crippen molar-refractivity contribution < 1.29 is 32.7 Å². The number of carbonyl (C=O) groups excluding carboxylic acids is 2. The lowest BCUT2D eigenvalue weighted by Gasteiger charge is -2.09. The summed E-state index contributed by atoms with van der Waals surface area (Å²) < 4.78 is 33.2. The van der Waals surface area contributed by atoms with Gasteiger partial charge in [0, 0.05) is 17.2 Å². The van der Waals surface area contributed by atoms with Crippen LogP contribution in [0, 0.1) is 5.82 Å². The summed E-state index contributed by atoms with van der Waals surface area (Å²) in [5.41, 5.74) is 0.818. The Balaban J connectivity index is 1.51. The fraction of sp³-hybridized carbons (Fsp3) is 0.200. The molecule has 1 N–H and O–H groups in total. The number of carbonyl (C=O) groups is 2. The van der Waals surface area contributed by atoms with Crippen molar-refractivity contribution in [3.8, 4) is 22.9 Å².